The number of ketones is 1. The first-order valence-corrected chi connectivity index (χ1v) is 14.0. The van der Waals surface area contributed by atoms with Gasteiger partial charge in [0, 0.05) is 48.9 Å². The highest BCUT2D eigenvalue weighted by molar-refractivity contribution is 5.99. The number of aryl methyl sites for hydroxylation is 1. The molecule has 0 aromatic carbocycles. The van der Waals surface area contributed by atoms with Crippen molar-refractivity contribution in [2.45, 2.75) is 77.4 Å². The first-order chi connectivity index (χ1) is 18.4. The molecule has 1 aliphatic carbocycles. The number of likely N-dealkylation sites (tertiary alicyclic amines) is 1. The van der Waals surface area contributed by atoms with Crippen LogP contribution >= 0.6 is 0 Å². The van der Waals surface area contributed by atoms with Gasteiger partial charge < -0.3 is 10.2 Å². The number of hydrogen-bond donors (Lipinski definition) is 1. The van der Waals surface area contributed by atoms with E-state index in [1.165, 1.54) is 38.4 Å². The van der Waals surface area contributed by atoms with E-state index in [0.29, 0.717) is 29.0 Å². The van der Waals surface area contributed by atoms with E-state index < -0.39 is 0 Å². The number of pyridine rings is 2. The molecule has 0 bridgehead atoms. The number of fused-ring (bicyclic) bond motifs is 2. The van der Waals surface area contributed by atoms with E-state index in [0.717, 1.165) is 56.3 Å². The van der Waals surface area contributed by atoms with Crippen LogP contribution in [-0.4, -0.2) is 67.8 Å². The van der Waals surface area contributed by atoms with E-state index in [-0.39, 0.29) is 22.9 Å². The predicted octanol–water partition coefficient (Wildman–Crippen LogP) is 4.01. The van der Waals surface area contributed by atoms with E-state index in [1.807, 2.05) is 13.0 Å². The second-order valence-corrected chi connectivity index (χ2v) is 11.3. The van der Waals surface area contributed by atoms with Gasteiger partial charge >= 0.3 is 0 Å². The normalized spacial score (nSPS) is 19.7. The Morgan fingerprint density at radius 2 is 1.79 bits per heavy atom. The summed E-state index contributed by atoms with van der Waals surface area (Å²) in [7, 11) is 2.21. The summed E-state index contributed by atoms with van der Waals surface area (Å²) >= 11 is 0. The molecule has 200 valence electrons. The molecule has 0 radical (unpaired) electrons. The monoisotopic (exact) mass is 515 g/mol. The third-order valence-electron chi connectivity index (χ3n) is 8.77. The number of aromatic nitrogens is 4. The summed E-state index contributed by atoms with van der Waals surface area (Å²) in [6.07, 6.45) is 9.12. The minimum Gasteiger partial charge on any atom is -0.309 e. The Bertz CT molecular complexity index is 1440. The largest absolute Gasteiger partial charge is 0.309 e. The summed E-state index contributed by atoms with van der Waals surface area (Å²) in [4.78, 5) is 45.1. The summed E-state index contributed by atoms with van der Waals surface area (Å²) in [5.41, 5.74) is 3.68. The van der Waals surface area contributed by atoms with E-state index in [9.17, 15) is 9.59 Å². The molecule has 0 spiro atoms. The maximum Gasteiger partial charge on any atom is 0.263 e. The van der Waals surface area contributed by atoms with E-state index in [1.54, 1.807) is 10.8 Å². The molecule has 38 heavy (non-hydrogen) atoms. The summed E-state index contributed by atoms with van der Waals surface area (Å²) in [5.74, 6) is 0.911. The van der Waals surface area contributed by atoms with Crippen molar-refractivity contribution in [3.8, 4) is 0 Å². The van der Waals surface area contributed by atoms with E-state index in [4.69, 9.17) is 9.97 Å². The first kappa shape index (κ1) is 25.1. The topological polar surface area (TPSA) is 96.2 Å². The van der Waals surface area contributed by atoms with Crippen LogP contribution in [0.3, 0.4) is 0 Å². The van der Waals surface area contributed by atoms with Crippen molar-refractivity contribution < 1.29 is 4.79 Å². The molecule has 2 aliphatic heterocycles. The highest BCUT2D eigenvalue weighted by Crippen LogP contribution is 2.32. The summed E-state index contributed by atoms with van der Waals surface area (Å²) < 4.78 is 1.75. The maximum atomic E-state index is 13.5. The second kappa shape index (κ2) is 10.2. The molecule has 3 aromatic heterocycles. The van der Waals surface area contributed by atoms with Crippen molar-refractivity contribution in [2.24, 2.45) is 0 Å². The summed E-state index contributed by atoms with van der Waals surface area (Å²) in [6.45, 7) is 7.61. The minimum atomic E-state index is -0.236. The van der Waals surface area contributed by atoms with Crippen molar-refractivity contribution in [3.63, 3.8) is 0 Å². The van der Waals surface area contributed by atoms with Crippen molar-refractivity contribution in [3.05, 3.63) is 51.1 Å². The third-order valence-corrected chi connectivity index (χ3v) is 8.77. The van der Waals surface area contributed by atoms with Crippen LogP contribution in [0.25, 0.3) is 11.0 Å². The van der Waals surface area contributed by atoms with Gasteiger partial charge in [-0.2, -0.15) is 4.98 Å². The number of piperidine rings is 1. The number of carbonyl (C=O) groups excluding carboxylic acids is 1. The SMILES string of the molecule is CC(=O)c1c(C)c2cnc(Nc3ccc4c(n3)CCN(C3CCN(C)CC3)C4)nc2n(C2CCCC2)c1=O. The predicted molar refractivity (Wildman–Crippen MR) is 148 cm³/mol. The third kappa shape index (κ3) is 4.62. The van der Waals surface area contributed by atoms with Gasteiger partial charge in [-0.15, -0.1) is 0 Å². The molecule has 3 aliphatic rings. The average molecular weight is 516 g/mol. The molecule has 9 heteroatoms. The van der Waals surface area contributed by atoms with Crippen LogP contribution < -0.4 is 10.9 Å². The summed E-state index contributed by atoms with van der Waals surface area (Å²) in [6, 6.07) is 4.89. The molecule has 2 fully saturated rings. The molecule has 5 heterocycles. The van der Waals surface area contributed by atoms with Crippen LogP contribution in [0, 0.1) is 6.92 Å². The molecule has 1 saturated carbocycles. The molecule has 0 amide bonds. The van der Waals surface area contributed by atoms with Crippen molar-refractivity contribution in [1.29, 1.82) is 0 Å². The fourth-order valence-corrected chi connectivity index (χ4v) is 6.60. The molecular formula is C29H37N7O2. The lowest BCUT2D eigenvalue weighted by atomic mass is 9.98. The van der Waals surface area contributed by atoms with Gasteiger partial charge in [0.05, 0.1) is 5.56 Å². The minimum absolute atomic E-state index is 0.0563. The fourth-order valence-electron chi connectivity index (χ4n) is 6.60. The Balaban J connectivity index is 1.28. The number of Topliss-reactive ketones (excluding diaryl/α,β-unsaturated/α-hetero) is 1. The van der Waals surface area contributed by atoms with Crippen LogP contribution in [0.4, 0.5) is 11.8 Å². The van der Waals surface area contributed by atoms with Gasteiger partial charge in [-0.05, 0) is 76.9 Å². The zero-order chi connectivity index (χ0) is 26.4. The number of nitrogens with zero attached hydrogens (tertiary/aromatic N) is 6. The van der Waals surface area contributed by atoms with Gasteiger partial charge in [0.2, 0.25) is 5.95 Å². The highest BCUT2D eigenvalue weighted by atomic mass is 16.1. The quantitative estimate of drug-likeness (QED) is 0.509. The molecule has 3 aromatic rings. The lowest BCUT2D eigenvalue weighted by Crippen LogP contribution is -2.45. The van der Waals surface area contributed by atoms with Gasteiger partial charge in [-0.1, -0.05) is 18.9 Å². The van der Waals surface area contributed by atoms with Crippen LogP contribution in [0.1, 0.15) is 78.7 Å². The lowest BCUT2D eigenvalue weighted by molar-refractivity contribution is 0.101. The van der Waals surface area contributed by atoms with Crippen LogP contribution in [0.2, 0.25) is 0 Å². The first-order valence-electron chi connectivity index (χ1n) is 14.0. The Labute approximate surface area is 223 Å². The number of hydrogen-bond acceptors (Lipinski definition) is 8. The molecular weight excluding hydrogens is 478 g/mol. The fraction of sp³-hybridized carbons (Fsp3) is 0.552. The Morgan fingerprint density at radius 1 is 1.03 bits per heavy atom. The Kier molecular flexibility index (Phi) is 6.74. The van der Waals surface area contributed by atoms with Crippen LogP contribution in [0.5, 0.6) is 0 Å². The van der Waals surface area contributed by atoms with Gasteiger partial charge in [0.15, 0.2) is 5.78 Å². The summed E-state index contributed by atoms with van der Waals surface area (Å²) in [5, 5.41) is 4.03. The lowest BCUT2D eigenvalue weighted by Gasteiger charge is -2.39. The standard InChI is InChI=1S/C29H37N7O2/c1-18-23-16-30-29(33-27(23)36(22-6-4-5-7-22)28(38)26(18)19(2)37)32-25-9-8-20-17-35(15-12-24(20)31-25)21-10-13-34(3)14-11-21/h8-9,16,21-22H,4-7,10-15,17H2,1-3H3,(H,30,31,32,33). The average Bonchev–Trinajstić information content (AvgIpc) is 3.43. The van der Waals surface area contributed by atoms with Crippen LogP contribution in [0.15, 0.2) is 23.1 Å². The smallest absolute Gasteiger partial charge is 0.263 e. The van der Waals surface area contributed by atoms with Gasteiger partial charge in [0.25, 0.3) is 5.56 Å². The highest BCUT2D eigenvalue weighted by Gasteiger charge is 2.28. The molecule has 6 rings (SSSR count). The number of nitrogens with one attached hydrogen (secondary N) is 1. The number of rotatable bonds is 5. The van der Waals surface area contributed by atoms with Crippen molar-refractivity contribution >= 4 is 28.6 Å². The maximum absolute atomic E-state index is 13.5. The zero-order valence-electron chi connectivity index (χ0n) is 22.7. The molecule has 1 N–H and O–H groups in total. The molecule has 9 nitrogen and oxygen atoms in total. The Morgan fingerprint density at radius 3 is 2.53 bits per heavy atom. The molecule has 0 unspecified atom stereocenters. The van der Waals surface area contributed by atoms with E-state index in [2.05, 4.69) is 33.2 Å². The van der Waals surface area contributed by atoms with Gasteiger partial charge in [-0.25, -0.2) is 9.97 Å². The number of carbonyl (C=O) groups is 1. The Hall–Kier alpha value is -3.17. The second-order valence-electron chi connectivity index (χ2n) is 11.3. The zero-order valence-corrected chi connectivity index (χ0v) is 22.7. The molecule has 1 saturated heterocycles. The van der Waals surface area contributed by atoms with Crippen molar-refractivity contribution in [1.82, 2.24) is 29.3 Å². The van der Waals surface area contributed by atoms with Gasteiger partial charge in [-0.3, -0.25) is 19.1 Å². The van der Waals surface area contributed by atoms with Gasteiger partial charge in [0.1, 0.15) is 11.5 Å². The molecule has 0 atom stereocenters. The number of anilines is 2. The van der Waals surface area contributed by atoms with E-state index >= 15 is 0 Å². The van der Waals surface area contributed by atoms with Crippen LogP contribution in [-0.2, 0) is 13.0 Å². The van der Waals surface area contributed by atoms with Crippen molar-refractivity contribution in [2.75, 3.05) is 32.0 Å².